The molecule has 1 aliphatic rings. The summed E-state index contributed by atoms with van der Waals surface area (Å²) >= 11 is 0. The molecular weight excluding hydrogens is 428 g/mol. The highest BCUT2D eigenvalue weighted by Crippen LogP contribution is 2.32. The van der Waals surface area contributed by atoms with E-state index in [1.165, 1.54) is 0 Å². The summed E-state index contributed by atoms with van der Waals surface area (Å²) in [7, 11) is 1.82. The van der Waals surface area contributed by atoms with Crippen molar-refractivity contribution in [1.82, 2.24) is 9.88 Å². The number of rotatable bonds is 8. The van der Waals surface area contributed by atoms with Gasteiger partial charge in [0.05, 0.1) is 30.5 Å². The number of hydrogen-bond acceptors (Lipinski definition) is 5. The molecule has 0 aliphatic heterocycles. The molecular formula is C28H34N2O4. The van der Waals surface area contributed by atoms with Crippen LogP contribution in [0.5, 0.6) is 5.75 Å². The number of benzene rings is 2. The number of fused-ring (bicyclic) bond motifs is 1. The van der Waals surface area contributed by atoms with Crippen LogP contribution in [-0.2, 0) is 22.7 Å². The zero-order valence-corrected chi connectivity index (χ0v) is 20.3. The van der Waals surface area contributed by atoms with Crippen LogP contribution in [0.4, 0.5) is 4.79 Å². The van der Waals surface area contributed by atoms with Crippen molar-refractivity contribution >= 4 is 17.0 Å². The molecule has 0 spiro atoms. The number of amides is 1. The van der Waals surface area contributed by atoms with Gasteiger partial charge in [0.25, 0.3) is 0 Å². The zero-order valence-electron chi connectivity index (χ0n) is 20.3. The number of carbonyl (C=O) groups excluding carboxylic acids is 1. The van der Waals surface area contributed by atoms with Gasteiger partial charge in [-0.15, -0.1) is 0 Å². The molecule has 2 aromatic carbocycles. The quantitative estimate of drug-likeness (QED) is 0.408. The maximum Gasteiger partial charge on any atom is 0.409 e. The third kappa shape index (κ3) is 5.68. The van der Waals surface area contributed by atoms with E-state index < -0.39 is 0 Å². The van der Waals surface area contributed by atoms with E-state index >= 15 is 0 Å². The highest BCUT2D eigenvalue weighted by atomic mass is 16.6. The lowest BCUT2D eigenvalue weighted by Gasteiger charge is -2.34. The second kappa shape index (κ2) is 11.3. The molecule has 6 nitrogen and oxygen atoms in total. The number of pyridine rings is 1. The van der Waals surface area contributed by atoms with Crippen LogP contribution in [0.2, 0.25) is 0 Å². The molecule has 4 rings (SSSR count). The van der Waals surface area contributed by atoms with Gasteiger partial charge in [-0.3, -0.25) is 0 Å². The SMILES string of the molecule is CCOC(=O)N(C)[C@H]1CC[C@H](OCc2nc3ccccc3c(OCc3ccccc3)c2C)CC1. The van der Waals surface area contributed by atoms with Crippen LogP contribution in [0.15, 0.2) is 54.6 Å². The fraction of sp³-hybridized carbons (Fsp3) is 0.429. The van der Waals surface area contributed by atoms with Crippen molar-refractivity contribution in [3.05, 3.63) is 71.4 Å². The van der Waals surface area contributed by atoms with Crippen LogP contribution in [0.1, 0.15) is 49.4 Å². The molecule has 1 saturated carbocycles. The first-order valence-electron chi connectivity index (χ1n) is 12.1. The first kappa shape index (κ1) is 24.0. The van der Waals surface area contributed by atoms with Gasteiger partial charge in [0.2, 0.25) is 0 Å². The minimum absolute atomic E-state index is 0.160. The number of nitrogens with zero attached hydrogens (tertiary/aromatic N) is 2. The van der Waals surface area contributed by atoms with Gasteiger partial charge in [0, 0.05) is 24.0 Å². The molecule has 1 heterocycles. The molecule has 0 radical (unpaired) electrons. The standard InChI is InChI=1S/C28H34N2O4/c1-4-32-28(31)30(3)22-14-16-23(17-15-22)33-19-26-20(2)27(24-12-8-9-13-25(24)29-26)34-18-21-10-6-5-7-11-21/h5-13,22-23H,4,14-19H2,1-3H3/t22-,23-. The van der Waals surface area contributed by atoms with Crippen molar-refractivity contribution < 1.29 is 19.0 Å². The van der Waals surface area contributed by atoms with Gasteiger partial charge in [-0.05, 0) is 57.2 Å². The Morgan fingerprint density at radius 1 is 1.00 bits per heavy atom. The monoisotopic (exact) mass is 462 g/mol. The highest BCUT2D eigenvalue weighted by molar-refractivity contribution is 5.86. The summed E-state index contributed by atoms with van der Waals surface area (Å²) in [5.41, 5.74) is 3.97. The normalized spacial score (nSPS) is 18.0. The van der Waals surface area contributed by atoms with Gasteiger partial charge in [0.1, 0.15) is 12.4 Å². The number of para-hydroxylation sites is 1. The Morgan fingerprint density at radius 2 is 1.71 bits per heavy atom. The highest BCUT2D eigenvalue weighted by Gasteiger charge is 2.28. The van der Waals surface area contributed by atoms with Gasteiger partial charge in [0.15, 0.2) is 0 Å². The Kier molecular flexibility index (Phi) is 8.01. The average molecular weight is 463 g/mol. The Morgan fingerprint density at radius 3 is 2.44 bits per heavy atom. The van der Waals surface area contributed by atoms with Crippen molar-refractivity contribution in [3.8, 4) is 5.75 Å². The molecule has 0 saturated heterocycles. The van der Waals surface area contributed by atoms with Crippen molar-refractivity contribution in [3.63, 3.8) is 0 Å². The molecule has 3 aromatic rings. The fourth-order valence-corrected chi connectivity index (χ4v) is 4.55. The average Bonchev–Trinajstić information content (AvgIpc) is 2.87. The molecule has 0 atom stereocenters. The summed E-state index contributed by atoms with van der Waals surface area (Å²) in [5.74, 6) is 0.868. The molecule has 0 bridgehead atoms. The molecule has 1 aliphatic carbocycles. The molecule has 180 valence electrons. The van der Waals surface area contributed by atoms with Crippen LogP contribution in [0.3, 0.4) is 0 Å². The lowest BCUT2D eigenvalue weighted by Crippen LogP contribution is -2.41. The van der Waals surface area contributed by atoms with E-state index in [-0.39, 0.29) is 18.2 Å². The summed E-state index contributed by atoms with van der Waals surface area (Å²) in [4.78, 5) is 18.6. The predicted octanol–water partition coefficient (Wildman–Crippen LogP) is 6.04. The number of hydrogen-bond donors (Lipinski definition) is 0. The van der Waals surface area contributed by atoms with Crippen LogP contribution in [0.25, 0.3) is 10.9 Å². The largest absolute Gasteiger partial charge is 0.488 e. The number of aromatic nitrogens is 1. The smallest absolute Gasteiger partial charge is 0.409 e. The van der Waals surface area contributed by atoms with Crippen LogP contribution >= 0.6 is 0 Å². The maximum atomic E-state index is 12.0. The predicted molar refractivity (Wildman–Crippen MR) is 133 cm³/mol. The van der Waals surface area contributed by atoms with Gasteiger partial charge < -0.3 is 19.1 Å². The Hall–Kier alpha value is -3.12. The minimum atomic E-state index is -0.245. The van der Waals surface area contributed by atoms with Crippen LogP contribution in [0, 0.1) is 6.92 Å². The first-order valence-corrected chi connectivity index (χ1v) is 12.1. The van der Waals surface area contributed by atoms with Crippen molar-refractivity contribution in [2.75, 3.05) is 13.7 Å². The van der Waals surface area contributed by atoms with E-state index in [9.17, 15) is 4.79 Å². The molecule has 1 amide bonds. The van der Waals surface area contributed by atoms with Gasteiger partial charge in [-0.25, -0.2) is 9.78 Å². The van der Waals surface area contributed by atoms with Crippen molar-refractivity contribution in [2.45, 2.75) is 64.9 Å². The Balaban J connectivity index is 1.41. The molecule has 6 heteroatoms. The second-order valence-electron chi connectivity index (χ2n) is 8.86. The molecule has 1 fully saturated rings. The third-order valence-electron chi connectivity index (χ3n) is 6.61. The van der Waals surface area contributed by atoms with E-state index in [1.54, 1.807) is 4.90 Å². The summed E-state index contributed by atoms with van der Waals surface area (Å²) in [6.45, 7) is 5.24. The van der Waals surface area contributed by atoms with Crippen LogP contribution in [-0.4, -0.2) is 41.8 Å². The van der Waals surface area contributed by atoms with E-state index in [2.05, 4.69) is 25.1 Å². The Labute approximate surface area is 201 Å². The molecule has 34 heavy (non-hydrogen) atoms. The van der Waals surface area contributed by atoms with Gasteiger partial charge in [-0.1, -0.05) is 42.5 Å². The Bertz CT molecular complexity index is 1090. The number of ether oxygens (including phenoxy) is 3. The summed E-state index contributed by atoms with van der Waals surface area (Å²) in [6, 6.07) is 18.5. The topological polar surface area (TPSA) is 60.9 Å². The van der Waals surface area contributed by atoms with Crippen LogP contribution < -0.4 is 4.74 Å². The maximum absolute atomic E-state index is 12.0. The zero-order chi connectivity index (χ0) is 23.9. The summed E-state index contributed by atoms with van der Waals surface area (Å²) in [5, 5.41) is 1.02. The first-order chi connectivity index (χ1) is 16.6. The van der Waals surface area contributed by atoms with Crippen molar-refractivity contribution in [1.29, 1.82) is 0 Å². The summed E-state index contributed by atoms with van der Waals surface area (Å²) < 4.78 is 17.7. The van der Waals surface area contributed by atoms with E-state index in [1.807, 2.05) is 50.4 Å². The van der Waals surface area contributed by atoms with Gasteiger partial charge in [-0.2, -0.15) is 0 Å². The fourth-order valence-electron chi connectivity index (χ4n) is 4.55. The van der Waals surface area contributed by atoms with Gasteiger partial charge >= 0.3 is 6.09 Å². The minimum Gasteiger partial charge on any atom is -0.488 e. The second-order valence-corrected chi connectivity index (χ2v) is 8.86. The lowest BCUT2D eigenvalue weighted by molar-refractivity contribution is -0.00146. The lowest BCUT2D eigenvalue weighted by atomic mass is 9.92. The third-order valence-corrected chi connectivity index (χ3v) is 6.61. The van der Waals surface area contributed by atoms with E-state index in [0.717, 1.165) is 59.2 Å². The van der Waals surface area contributed by atoms with Crippen molar-refractivity contribution in [2.24, 2.45) is 0 Å². The number of carbonyl (C=O) groups is 1. The van der Waals surface area contributed by atoms with E-state index in [4.69, 9.17) is 19.2 Å². The molecule has 1 aromatic heterocycles. The molecule has 0 unspecified atom stereocenters. The molecule has 0 N–H and O–H groups in total. The van der Waals surface area contributed by atoms with E-state index in [0.29, 0.717) is 19.8 Å². The summed E-state index contributed by atoms with van der Waals surface area (Å²) in [6.07, 6.45) is 3.57.